The topological polar surface area (TPSA) is 86.7 Å². The zero-order chi connectivity index (χ0) is 16.9. The second-order valence-electron chi connectivity index (χ2n) is 5.45. The van der Waals surface area contributed by atoms with Crippen molar-refractivity contribution in [2.75, 3.05) is 24.7 Å². The van der Waals surface area contributed by atoms with Gasteiger partial charge in [-0.3, -0.25) is 14.4 Å². The van der Waals surface area contributed by atoms with Crippen molar-refractivity contribution >= 4 is 29.5 Å². The van der Waals surface area contributed by atoms with Crippen molar-refractivity contribution in [3.05, 3.63) is 35.9 Å². The summed E-state index contributed by atoms with van der Waals surface area (Å²) in [6.45, 7) is 1.75. The molecule has 1 saturated heterocycles. The molecule has 0 bridgehead atoms. The number of amides is 2. The van der Waals surface area contributed by atoms with Crippen LogP contribution in [0.1, 0.15) is 18.9 Å². The first-order valence-electron chi connectivity index (χ1n) is 7.40. The van der Waals surface area contributed by atoms with Crippen molar-refractivity contribution in [2.45, 2.75) is 18.8 Å². The largest absolute Gasteiger partial charge is 0.481 e. The molecule has 0 saturated carbocycles. The van der Waals surface area contributed by atoms with Gasteiger partial charge in [-0.2, -0.15) is 0 Å². The van der Waals surface area contributed by atoms with Gasteiger partial charge < -0.3 is 15.3 Å². The standard InChI is InChI=1S/C16H20N2O4S/c1-2-16(15(21)22,12-6-4-3-5-7-12)10-17-13(19)8-18-11-23-9-14(18)20/h3-7H,2,8-11H2,1H3,(H,17,19)(H,21,22). The monoisotopic (exact) mass is 336 g/mol. The number of rotatable bonds is 7. The van der Waals surface area contributed by atoms with Crippen molar-refractivity contribution in [1.82, 2.24) is 10.2 Å². The van der Waals surface area contributed by atoms with Crippen LogP contribution in [0.5, 0.6) is 0 Å². The van der Waals surface area contributed by atoms with Crippen LogP contribution in [0.2, 0.25) is 0 Å². The van der Waals surface area contributed by atoms with Gasteiger partial charge in [0.25, 0.3) is 0 Å². The summed E-state index contributed by atoms with van der Waals surface area (Å²) >= 11 is 1.46. The van der Waals surface area contributed by atoms with E-state index in [0.29, 0.717) is 23.6 Å². The number of hydrogen-bond acceptors (Lipinski definition) is 4. The molecule has 2 N–H and O–H groups in total. The quantitative estimate of drug-likeness (QED) is 0.778. The number of carbonyl (C=O) groups is 3. The molecule has 1 aliphatic heterocycles. The first-order chi connectivity index (χ1) is 11.0. The van der Waals surface area contributed by atoms with E-state index in [-0.39, 0.29) is 24.9 Å². The van der Waals surface area contributed by atoms with Crippen molar-refractivity contribution in [3.8, 4) is 0 Å². The van der Waals surface area contributed by atoms with Gasteiger partial charge in [-0.05, 0) is 12.0 Å². The van der Waals surface area contributed by atoms with Gasteiger partial charge in [-0.25, -0.2) is 0 Å². The summed E-state index contributed by atoms with van der Waals surface area (Å²) in [6, 6.07) is 8.89. The molecule has 7 heteroatoms. The highest BCUT2D eigenvalue weighted by Gasteiger charge is 2.39. The molecule has 1 unspecified atom stereocenters. The highest BCUT2D eigenvalue weighted by molar-refractivity contribution is 8.00. The summed E-state index contributed by atoms with van der Waals surface area (Å²) in [5.41, 5.74) is -0.510. The fourth-order valence-corrected chi connectivity index (χ4v) is 3.46. The van der Waals surface area contributed by atoms with E-state index in [1.807, 2.05) is 6.07 Å². The van der Waals surface area contributed by atoms with Gasteiger partial charge in [0.2, 0.25) is 11.8 Å². The molecule has 124 valence electrons. The Kier molecular flexibility index (Phi) is 5.65. The molecular formula is C16H20N2O4S. The number of nitrogens with one attached hydrogen (secondary N) is 1. The minimum atomic E-state index is -1.17. The number of hydrogen-bond donors (Lipinski definition) is 2. The van der Waals surface area contributed by atoms with E-state index < -0.39 is 11.4 Å². The Bertz CT molecular complexity index is 593. The molecule has 0 radical (unpaired) electrons. The zero-order valence-electron chi connectivity index (χ0n) is 12.9. The fourth-order valence-electron chi connectivity index (χ4n) is 2.56. The van der Waals surface area contributed by atoms with Crippen molar-refractivity contribution < 1.29 is 19.5 Å². The van der Waals surface area contributed by atoms with Gasteiger partial charge in [-0.1, -0.05) is 37.3 Å². The molecule has 23 heavy (non-hydrogen) atoms. The van der Waals surface area contributed by atoms with Crippen LogP contribution in [0.25, 0.3) is 0 Å². The molecule has 1 heterocycles. The summed E-state index contributed by atoms with van der Waals surface area (Å²) in [5.74, 6) is -0.475. The Balaban J connectivity index is 2.05. The summed E-state index contributed by atoms with van der Waals surface area (Å²) < 4.78 is 0. The maximum absolute atomic E-state index is 12.1. The lowest BCUT2D eigenvalue weighted by Gasteiger charge is -2.29. The average Bonchev–Trinajstić information content (AvgIpc) is 2.94. The molecule has 2 amide bonds. The second-order valence-corrected chi connectivity index (χ2v) is 6.41. The SMILES string of the molecule is CCC(CNC(=O)CN1CSCC1=O)(C(=O)O)c1ccccc1. The van der Waals surface area contributed by atoms with Crippen molar-refractivity contribution in [3.63, 3.8) is 0 Å². The number of thioether (sulfide) groups is 1. The Morgan fingerprint density at radius 2 is 2.04 bits per heavy atom. The summed E-state index contributed by atoms with van der Waals surface area (Å²) in [7, 11) is 0. The van der Waals surface area contributed by atoms with Crippen molar-refractivity contribution in [2.24, 2.45) is 0 Å². The smallest absolute Gasteiger partial charge is 0.315 e. The molecule has 6 nitrogen and oxygen atoms in total. The summed E-state index contributed by atoms with van der Waals surface area (Å²) in [6.07, 6.45) is 0.352. The van der Waals surface area contributed by atoms with E-state index in [1.54, 1.807) is 31.2 Å². The van der Waals surface area contributed by atoms with Gasteiger partial charge in [0.1, 0.15) is 12.0 Å². The molecule has 0 aliphatic carbocycles. The minimum absolute atomic E-state index is 0.00312. The van der Waals surface area contributed by atoms with E-state index in [4.69, 9.17) is 0 Å². The maximum atomic E-state index is 12.1. The Labute approximate surface area is 139 Å². The number of nitrogens with zero attached hydrogens (tertiary/aromatic N) is 1. The Morgan fingerprint density at radius 3 is 2.57 bits per heavy atom. The molecule has 1 aromatic rings. The second kappa shape index (κ2) is 7.50. The van der Waals surface area contributed by atoms with Crippen LogP contribution in [0.4, 0.5) is 0 Å². The van der Waals surface area contributed by atoms with Crippen LogP contribution in [-0.2, 0) is 19.8 Å². The molecular weight excluding hydrogens is 316 g/mol. The molecule has 1 aliphatic rings. The third-order valence-corrected chi connectivity index (χ3v) is 5.03. The third kappa shape index (κ3) is 3.85. The molecule has 0 spiro atoms. The number of carboxylic acids is 1. The highest BCUT2D eigenvalue weighted by Crippen LogP contribution is 2.27. The van der Waals surface area contributed by atoms with Crippen LogP contribution in [0.3, 0.4) is 0 Å². The zero-order valence-corrected chi connectivity index (χ0v) is 13.8. The molecule has 1 fully saturated rings. The molecule has 1 atom stereocenters. The first kappa shape index (κ1) is 17.3. The molecule has 1 aromatic carbocycles. The summed E-state index contributed by atoms with van der Waals surface area (Å²) in [4.78, 5) is 36.9. The lowest BCUT2D eigenvalue weighted by atomic mass is 9.78. The molecule has 0 aromatic heterocycles. The normalized spacial score (nSPS) is 16.9. The van der Waals surface area contributed by atoms with Crippen LogP contribution in [0, 0.1) is 0 Å². The van der Waals surface area contributed by atoms with Gasteiger partial charge in [0.15, 0.2) is 0 Å². The summed E-state index contributed by atoms with van der Waals surface area (Å²) in [5, 5.41) is 12.4. The third-order valence-electron chi connectivity index (χ3n) is 4.09. The van der Waals surface area contributed by atoms with Gasteiger partial charge in [-0.15, -0.1) is 11.8 Å². The van der Waals surface area contributed by atoms with Crippen LogP contribution < -0.4 is 5.32 Å². The predicted octanol–water partition coefficient (Wildman–Crippen LogP) is 1.07. The number of carboxylic acid groups (broad SMARTS) is 1. The van der Waals surface area contributed by atoms with Crippen molar-refractivity contribution in [1.29, 1.82) is 0 Å². The number of carbonyl (C=O) groups excluding carboxylic acids is 2. The number of benzene rings is 1. The average molecular weight is 336 g/mol. The van der Waals surface area contributed by atoms with E-state index in [9.17, 15) is 19.5 Å². The Morgan fingerprint density at radius 1 is 1.35 bits per heavy atom. The Hall–Kier alpha value is -2.02. The van der Waals surface area contributed by atoms with Crippen LogP contribution >= 0.6 is 11.8 Å². The van der Waals surface area contributed by atoms with E-state index in [1.165, 1.54) is 16.7 Å². The maximum Gasteiger partial charge on any atom is 0.315 e. The van der Waals surface area contributed by atoms with E-state index in [0.717, 1.165) is 0 Å². The predicted molar refractivity (Wildman–Crippen MR) is 88.1 cm³/mol. The fraction of sp³-hybridized carbons (Fsp3) is 0.438. The first-order valence-corrected chi connectivity index (χ1v) is 8.56. The minimum Gasteiger partial charge on any atom is -0.481 e. The number of aliphatic carboxylic acids is 1. The van der Waals surface area contributed by atoms with Crippen LogP contribution in [0.15, 0.2) is 30.3 Å². The van der Waals surface area contributed by atoms with Gasteiger partial charge >= 0.3 is 5.97 Å². The van der Waals surface area contributed by atoms with E-state index >= 15 is 0 Å². The van der Waals surface area contributed by atoms with Gasteiger partial charge in [0, 0.05) is 6.54 Å². The highest BCUT2D eigenvalue weighted by atomic mass is 32.2. The van der Waals surface area contributed by atoms with Crippen LogP contribution in [-0.4, -0.2) is 52.5 Å². The lowest BCUT2D eigenvalue weighted by molar-refractivity contribution is -0.144. The lowest BCUT2D eigenvalue weighted by Crippen LogP contribution is -2.48. The molecule has 2 rings (SSSR count). The van der Waals surface area contributed by atoms with E-state index in [2.05, 4.69) is 5.32 Å². The van der Waals surface area contributed by atoms with Gasteiger partial charge in [0.05, 0.1) is 11.6 Å².